The van der Waals surface area contributed by atoms with E-state index >= 15 is 0 Å². The summed E-state index contributed by atoms with van der Waals surface area (Å²) in [5.74, 6) is 0. The monoisotopic (exact) mass is 515 g/mol. The molecule has 0 spiro atoms. The van der Waals surface area contributed by atoms with Crippen LogP contribution in [0.25, 0.3) is 80.7 Å². The third kappa shape index (κ3) is 3.02. The van der Waals surface area contributed by atoms with Gasteiger partial charge in [0.25, 0.3) is 0 Å². The predicted molar refractivity (Wildman–Crippen MR) is 166 cm³/mol. The summed E-state index contributed by atoms with van der Waals surface area (Å²) < 4.78 is 11.1. The molecule has 9 aromatic rings. The highest BCUT2D eigenvalue weighted by Gasteiger charge is 2.15. The molecule has 0 N–H and O–H groups in total. The summed E-state index contributed by atoms with van der Waals surface area (Å²) in [7, 11) is 0. The van der Waals surface area contributed by atoms with Gasteiger partial charge in [-0.3, -0.25) is 0 Å². The van der Waals surface area contributed by atoms with E-state index in [1.165, 1.54) is 58.8 Å². The van der Waals surface area contributed by atoms with Crippen molar-refractivity contribution in [2.75, 3.05) is 0 Å². The summed E-state index contributed by atoms with van der Waals surface area (Å²) >= 11 is 1.86. The Balaban J connectivity index is 1.26. The minimum absolute atomic E-state index is 0.925. The maximum Gasteiger partial charge on any atom is 0.135 e. The van der Waals surface area contributed by atoms with E-state index in [9.17, 15) is 0 Å². The number of para-hydroxylation sites is 2. The molecule has 3 heteroatoms. The zero-order chi connectivity index (χ0) is 25.5. The number of aromatic nitrogens is 1. The molecule has 0 aliphatic rings. The first-order chi connectivity index (χ1) is 19.3. The highest BCUT2D eigenvalue weighted by molar-refractivity contribution is 7.25. The molecule has 0 bridgehead atoms. The molecule has 0 saturated heterocycles. The SMILES string of the molecule is c1ccc2c(c1)oc1ccc(-c3ccc4c(c3)c3ccccc3n4-c3ccc4c(c3)sc3ccccc34)cc12. The number of fused-ring (bicyclic) bond motifs is 9. The molecule has 0 radical (unpaired) electrons. The normalized spacial score (nSPS) is 12.1. The number of hydrogen-bond donors (Lipinski definition) is 0. The van der Waals surface area contributed by atoms with Gasteiger partial charge < -0.3 is 8.98 Å². The van der Waals surface area contributed by atoms with Crippen LogP contribution in [0.3, 0.4) is 0 Å². The number of rotatable bonds is 2. The van der Waals surface area contributed by atoms with Crippen LogP contribution in [0.4, 0.5) is 0 Å². The summed E-state index contributed by atoms with van der Waals surface area (Å²) in [5, 5.41) is 7.49. The highest BCUT2D eigenvalue weighted by atomic mass is 32.1. The molecule has 6 aromatic carbocycles. The second-order valence-corrected chi connectivity index (χ2v) is 11.3. The molecule has 0 aliphatic heterocycles. The molecule has 0 saturated carbocycles. The Labute approximate surface area is 227 Å². The number of benzene rings is 6. The molecule has 3 aromatic heterocycles. The fourth-order valence-electron chi connectivity index (χ4n) is 6.19. The van der Waals surface area contributed by atoms with E-state index in [2.05, 4.69) is 120 Å². The van der Waals surface area contributed by atoms with Crippen LogP contribution in [0, 0.1) is 0 Å². The summed E-state index contributed by atoms with van der Waals surface area (Å²) in [5.41, 5.74) is 7.89. The number of furan rings is 1. The van der Waals surface area contributed by atoms with Gasteiger partial charge in [0.15, 0.2) is 0 Å². The fourth-order valence-corrected chi connectivity index (χ4v) is 7.33. The molecule has 9 rings (SSSR count). The van der Waals surface area contributed by atoms with E-state index in [4.69, 9.17) is 4.42 Å². The maximum absolute atomic E-state index is 6.07. The van der Waals surface area contributed by atoms with Crippen LogP contribution in [0.15, 0.2) is 132 Å². The van der Waals surface area contributed by atoms with Gasteiger partial charge in [0, 0.05) is 47.4 Å². The fraction of sp³-hybridized carbons (Fsp3) is 0. The summed E-state index contributed by atoms with van der Waals surface area (Å²) in [4.78, 5) is 0. The lowest BCUT2D eigenvalue weighted by atomic mass is 10.0. The lowest BCUT2D eigenvalue weighted by Crippen LogP contribution is -1.93. The van der Waals surface area contributed by atoms with Crippen LogP contribution in [0.5, 0.6) is 0 Å². The van der Waals surface area contributed by atoms with Crippen molar-refractivity contribution >= 4 is 75.3 Å². The van der Waals surface area contributed by atoms with Gasteiger partial charge in [0.05, 0.1) is 11.0 Å². The largest absolute Gasteiger partial charge is 0.456 e. The molecule has 39 heavy (non-hydrogen) atoms. The number of hydrogen-bond acceptors (Lipinski definition) is 2. The first-order valence-corrected chi connectivity index (χ1v) is 14.0. The Morgan fingerprint density at radius 2 is 1.10 bits per heavy atom. The van der Waals surface area contributed by atoms with Crippen LogP contribution in [-0.4, -0.2) is 4.57 Å². The van der Waals surface area contributed by atoms with Gasteiger partial charge in [0.2, 0.25) is 0 Å². The minimum Gasteiger partial charge on any atom is -0.456 e. The molecule has 0 atom stereocenters. The van der Waals surface area contributed by atoms with Crippen molar-refractivity contribution in [3.63, 3.8) is 0 Å². The molecule has 2 nitrogen and oxygen atoms in total. The predicted octanol–water partition coefficient (Wildman–Crippen LogP) is 10.7. The standard InChI is InChI=1S/C36H21NOS/c1-4-10-31-25(7-1)29-19-22(23-14-18-34-30(20-23)26-8-2-5-11-33(26)38-34)13-17-32(29)37(31)24-15-16-28-27-9-3-6-12-35(27)39-36(28)21-24/h1-21H. The number of nitrogens with zero attached hydrogens (tertiary/aromatic N) is 1. The zero-order valence-corrected chi connectivity index (χ0v) is 21.7. The average Bonchev–Trinajstić information content (AvgIpc) is 3.65. The van der Waals surface area contributed by atoms with Crippen molar-refractivity contribution < 1.29 is 4.42 Å². The molecule has 0 fully saturated rings. The molecule has 3 heterocycles. The van der Waals surface area contributed by atoms with E-state index in [0.717, 1.165) is 21.9 Å². The second-order valence-electron chi connectivity index (χ2n) is 10.2. The lowest BCUT2D eigenvalue weighted by Gasteiger charge is -2.09. The van der Waals surface area contributed by atoms with Crippen LogP contribution in [0.1, 0.15) is 0 Å². The van der Waals surface area contributed by atoms with Crippen LogP contribution in [-0.2, 0) is 0 Å². The third-order valence-corrected chi connectivity index (χ3v) is 9.14. The second kappa shape index (κ2) is 7.83. The number of thiophene rings is 1. The molecular formula is C36H21NOS. The summed E-state index contributed by atoms with van der Waals surface area (Å²) in [6.45, 7) is 0. The smallest absolute Gasteiger partial charge is 0.135 e. The maximum atomic E-state index is 6.07. The zero-order valence-electron chi connectivity index (χ0n) is 20.9. The van der Waals surface area contributed by atoms with Crippen molar-refractivity contribution in [1.82, 2.24) is 4.57 Å². The quantitative estimate of drug-likeness (QED) is 0.224. The minimum atomic E-state index is 0.925. The van der Waals surface area contributed by atoms with Gasteiger partial charge >= 0.3 is 0 Å². The Morgan fingerprint density at radius 1 is 0.436 bits per heavy atom. The van der Waals surface area contributed by atoms with Crippen molar-refractivity contribution in [1.29, 1.82) is 0 Å². The van der Waals surface area contributed by atoms with E-state index < -0.39 is 0 Å². The van der Waals surface area contributed by atoms with Crippen molar-refractivity contribution in [3.05, 3.63) is 127 Å². The van der Waals surface area contributed by atoms with Gasteiger partial charge in [-0.1, -0.05) is 72.8 Å². The van der Waals surface area contributed by atoms with E-state index in [0.29, 0.717) is 0 Å². The first kappa shape index (κ1) is 21.1. The van der Waals surface area contributed by atoms with Crippen molar-refractivity contribution in [2.24, 2.45) is 0 Å². The van der Waals surface area contributed by atoms with Crippen LogP contribution >= 0.6 is 11.3 Å². The van der Waals surface area contributed by atoms with Gasteiger partial charge in [-0.05, 0) is 65.7 Å². The Kier molecular flexibility index (Phi) is 4.24. The van der Waals surface area contributed by atoms with Crippen LogP contribution < -0.4 is 0 Å². The van der Waals surface area contributed by atoms with E-state index in [1.54, 1.807) is 0 Å². The third-order valence-electron chi connectivity index (χ3n) is 8.00. The molecule has 0 amide bonds. The lowest BCUT2D eigenvalue weighted by molar-refractivity contribution is 0.669. The first-order valence-electron chi connectivity index (χ1n) is 13.2. The van der Waals surface area contributed by atoms with Gasteiger partial charge in [-0.25, -0.2) is 0 Å². The van der Waals surface area contributed by atoms with E-state index in [1.807, 2.05) is 23.5 Å². The highest BCUT2D eigenvalue weighted by Crippen LogP contribution is 2.39. The van der Waals surface area contributed by atoms with E-state index in [-0.39, 0.29) is 0 Å². The molecule has 182 valence electrons. The molecule has 0 unspecified atom stereocenters. The summed E-state index contributed by atoms with van der Waals surface area (Å²) in [6.07, 6.45) is 0. The molecule has 0 aliphatic carbocycles. The Morgan fingerprint density at radius 3 is 2.03 bits per heavy atom. The molecular weight excluding hydrogens is 494 g/mol. The summed E-state index contributed by atoms with van der Waals surface area (Å²) in [6, 6.07) is 46.0. The van der Waals surface area contributed by atoms with Crippen molar-refractivity contribution in [2.45, 2.75) is 0 Å². The van der Waals surface area contributed by atoms with Gasteiger partial charge in [0.1, 0.15) is 11.2 Å². The topological polar surface area (TPSA) is 18.1 Å². The Bertz CT molecular complexity index is 2400. The average molecular weight is 516 g/mol. The van der Waals surface area contributed by atoms with Crippen molar-refractivity contribution in [3.8, 4) is 16.8 Å². The van der Waals surface area contributed by atoms with Gasteiger partial charge in [-0.15, -0.1) is 11.3 Å². The van der Waals surface area contributed by atoms with Gasteiger partial charge in [-0.2, -0.15) is 0 Å². The van der Waals surface area contributed by atoms with Crippen LogP contribution in [0.2, 0.25) is 0 Å². The Hall–Kier alpha value is -4.86.